The molecule has 116 valence electrons. The van der Waals surface area contributed by atoms with Gasteiger partial charge >= 0.3 is 0 Å². The molecule has 2 aromatic rings. The highest BCUT2D eigenvalue weighted by molar-refractivity contribution is 5.78. The summed E-state index contributed by atoms with van der Waals surface area (Å²) in [5.74, 6) is 0.113. The molecule has 0 radical (unpaired) electrons. The van der Waals surface area contributed by atoms with Gasteiger partial charge in [0, 0.05) is 19.3 Å². The number of nitrogens with one attached hydrogen (secondary N) is 1. The predicted octanol–water partition coefficient (Wildman–Crippen LogP) is 2.63. The Labute approximate surface area is 132 Å². The van der Waals surface area contributed by atoms with Crippen molar-refractivity contribution < 1.29 is 4.79 Å². The van der Waals surface area contributed by atoms with Gasteiger partial charge in [-0.25, -0.2) is 0 Å². The number of carbonyl (C=O) groups excluding carboxylic acids is 1. The molecule has 0 saturated carbocycles. The van der Waals surface area contributed by atoms with Gasteiger partial charge in [-0.1, -0.05) is 36.4 Å². The number of hydrogen-bond acceptors (Lipinski definition) is 3. The van der Waals surface area contributed by atoms with E-state index in [0.29, 0.717) is 6.54 Å². The zero-order chi connectivity index (χ0) is 15.8. The quantitative estimate of drug-likeness (QED) is 0.854. The third-order valence-corrected chi connectivity index (χ3v) is 3.69. The highest BCUT2D eigenvalue weighted by atomic mass is 16.2. The highest BCUT2D eigenvalue weighted by Crippen LogP contribution is 2.19. The molecule has 0 aliphatic carbocycles. The van der Waals surface area contributed by atoms with E-state index in [1.807, 2.05) is 67.3 Å². The van der Waals surface area contributed by atoms with Crippen LogP contribution in [0.15, 0.2) is 54.7 Å². The molecule has 2 rings (SSSR count). The Hall–Kier alpha value is -2.20. The summed E-state index contributed by atoms with van der Waals surface area (Å²) in [6, 6.07) is 15.8. The van der Waals surface area contributed by atoms with Crippen molar-refractivity contribution in [2.75, 3.05) is 19.6 Å². The van der Waals surface area contributed by atoms with Crippen molar-refractivity contribution in [1.29, 1.82) is 0 Å². The van der Waals surface area contributed by atoms with Crippen molar-refractivity contribution >= 4 is 5.91 Å². The van der Waals surface area contributed by atoms with Crippen molar-refractivity contribution in [3.8, 4) is 0 Å². The Balaban J connectivity index is 2.15. The first kappa shape index (κ1) is 16.2. The van der Waals surface area contributed by atoms with Crippen LogP contribution in [-0.2, 0) is 4.79 Å². The van der Waals surface area contributed by atoms with Crippen LogP contribution in [0.5, 0.6) is 0 Å². The first-order valence-corrected chi connectivity index (χ1v) is 7.73. The third kappa shape index (κ3) is 4.15. The van der Waals surface area contributed by atoms with Crippen molar-refractivity contribution in [1.82, 2.24) is 15.2 Å². The number of carbonyl (C=O) groups is 1. The minimum atomic E-state index is -0.0816. The van der Waals surface area contributed by atoms with Gasteiger partial charge in [-0.3, -0.25) is 15.1 Å². The number of aromatic nitrogens is 1. The van der Waals surface area contributed by atoms with Gasteiger partial charge in [0.2, 0.25) is 5.91 Å². The van der Waals surface area contributed by atoms with Crippen LogP contribution < -0.4 is 5.32 Å². The molecule has 1 amide bonds. The van der Waals surface area contributed by atoms with Crippen LogP contribution in [0.1, 0.15) is 31.1 Å². The van der Waals surface area contributed by atoms with E-state index in [9.17, 15) is 4.79 Å². The fourth-order valence-electron chi connectivity index (χ4n) is 2.46. The standard InChI is InChI=1S/C18H23N3O/c1-3-21(4-2)17(22)14-20-18(15-10-6-5-7-11-15)16-12-8-9-13-19-16/h5-13,18,20H,3-4,14H2,1-2H3. The van der Waals surface area contributed by atoms with Gasteiger partial charge in [0.1, 0.15) is 0 Å². The fraction of sp³-hybridized carbons (Fsp3) is 0.333. The molecular formula is C18H23N3O. The van der Waals surface area contributed by atoms with Crippen LogP contribution in [0.3, 0.4) is 0 Å². The zero-order valence-electron chi connectivity index (χ0n) is 13.2. The molecule has 22 heavy (non-hydrogen) atoms. The minimum absolute atomic E-state index is 0.0816. The Kier molecular flexibility index (Phi) is 6.10. The smallest absolute Gasteiger partial charge is 0.236 e. The van der Waals surface area contributed by atoms with Gasteiger partial charge in [-0.05, 0) is 31.5 Å². The summed E-state index contributed by atoms with van der Waals surface area (Å²) in [7, 11) is 0. The summed E-state index contributed by atoms with van der Waals surface area (Å²) < 4.78 is 0. The van der Waals surface area contributed by atoms with E-state index in [2.05, 4.69) is 10.3 Å². The molecule has 1 aromatic carbocycles. The fourth-order valence-corrected chi connectivity index (χ4v) is 2.46. The van der Waals surface area contributed by atoms with Crippen molar-refractivity contribution in [3.63, 3.8) is 0 Å². The zero-order valence-corrected chi connectivity index (χ0v) is 13.2. The molecule has 0 aliphatic rings. The molecule has 1 atom stereocenters. The molecule has 4 heteroatoms. The summed E-state index contributed by atoms with van der Waals surface area (Å²) >= 11 is 0. The van der Waals surface area contributed by atoms with Crippen LogP contribution in [0, 0.1) is 0 Å². The SMILES string of the molecule is CCN(CC)C(=O)CNC(c1ccccc1)c1ccccn1. The highest BCUT2D eigenvalue weighted by Gasteiger charge is 2.17. The van der Waals surface area contributed by atoms with Crippen molar-refractivity contribution in [2.45, 2.75) is 19.9 Å². The first-order chi connectivity index (χ1) is 10.8. The van der Waals surface area contributed by atoms with Gasteiger partial charge < -0.3 is 4.90 Å². The average molecular weight is 297 g/mol. The van der Waals surface area contributed by atoms with Crippen LogP contribution in [0.25, 0.3) is 0 Å². The van der Waals surface area contributed by atoms with Crippen LogP contribution in [-0.4, -0.2) is 35.4 Å². The lowest BCUT2D eigenvalue weighted by Gasteiger charge is -2.22. The molecule has 0 bridgehead atoms. The summed E-state index contributed by atoms with van der Waals surface area (Å²) in [6.07, 6.45) is 1.78. The van der Waals surface area contributed by atoms with E-state index in [-0.39, 0.29) is 11.9 Å². The molecule has 1 N–H and O–H groups in total. The van der Waals surface area contributed by atoms with Crippen LogP contribution >= 0.6 is 0 Å². The van der Waals surface area contributed by atoms with E-state index < -0.39 is 0 Å². The van der Waals surface area contributed by atoms with Gasteiger partial charge in [-0.2, -0.15) is 0 Å². The monoisotopic (exact) mass is 297 g/mol. The second kappa shape index (κ2) is 8.29. The predicted molar refractivity (Wildman–Crippen MR) is 88.5 cm³/mol. The van der Waals surface area contributed by atoms with Crippen LogP contribution in [0.4, 0.5) is 0 Å². The summed E-state index contributed by atoms with van der Waals surface area (Å²) in [5, 5.41) is 3.35. The lowest BCUT2D eigenvalue weighted by molar-refractivity contribution is -0.129. The Morgan fingerprint density at radius 1 is 1.09 bits per heavy atom. The largest absolute Gasteiger partial charge is 0.342 e. The van der Waals surface area contributed by atoms with Gasteiger partial charge in [0.15, 0.2) is 0 Å². The maximum atomic E-state index is 12.2. The molecule has 4 nitrogen and oxygen atoms in total. The van der Waals surface area contributed by atoms with Gasteiger partial charge in [0.25, 0.3) is 0 Å². The van der Waals surface area contributed by atoms with E-state index in [4.69, 9.17) is 0 Å². The Morgan fingerprint density at radius 3 is 2.36 bits per heavy atom. The number of benzene rings is 1. The maximum absolute atomic E-state index is 12.2. The summed E-state index contributed by atoms with van der Waals surface area (Å²) in [4.78, 5) is 18.5. The number of pyridine rings is 1. The number of likely N-dealkylation sites (N-methyl/N-ethyl adjacent to an activating group) is 1. The average Bonchev–Trinajstić information content (AvgIpc) is 2.58. The molecule has 1 unspecified atom stereocenters. The Morgan fingerprint density at radius 2 is 1.77 bits per heavy atom. The molecule has 0 saturated heterocycles. The summed E-state index contributed by atoms with van der Waals surface area (Å²) in [6.45, 7) is 5.76. The first-order valence-electron chi connectivity index (χ1n) is 7.73. The topological polar surface area (TPSA) is 45.2 Å². The third-order valence-electron chi connectivity index (χ3n) is 3.69. The molecule has 1 heterocycles. The normalized spacial score (nSPS) is 11.9. The number of nitrogens with zero attached hydrogens (tertiary/aromatic N) is 2. The molecule has 0 fully saturated rings. The van der Waals surface area contributed by atoms with E-state index in [1.54, 1.807) is 6.20 Å². The van der Waals surface area contributed by atoms with Crippen molar-refractivity contribution in [3.05, 3.63) is 66.0 Å². The molecule has 1 aromatic heterocycles. The van der Waals surface area contributed by atoms with Gasteiger partial charge in [0.05, 0.1) is 18.3 Å². The lowest BCUT2D eigenvalue weighted by atomic mass is 10.0. The van der Waals surface area contributed by atoms with Gasteiger partial charge in [-0.15, -0.1) is 0 Å². The Bertz CT molecular complexity index is 528. The molecule has 0 aliphatic heterocycles. The minimum Gasteiger partial charge on any atom is -0.342 e. The maximum Gasteiger partial charge on any atom is 0.236 e. The van der Waals surface area contributed by atoms with E-state index in [0.717, 1.165) is 24.3 Å². The lowest BCUT2D eigenvalue weighted by Crippen LogP contribution is -2.39. The number of amides is 1. The number of rotatable bonds is 7. The van der Waals surface area contributed by atoms with E-state index in [1.165, 1.54) is 0 Å². The van der Waals surface area contributed by atoms with E-state index >= 15 is 0 Å². The second-order valence-corrected chi connectivity index (χ2v) is 5.05. The summed E-state index contributed by atoms with van der Waals surface area (Å²) in [5.41, 5.74) is 2.02. The molecular weight excluding hydrogens is 274 g/mol. The van der Waals surface area contributed by atoms with Crippen molar-refractivity contribution in [2.24, 2.45) is 0 Å². The second-order valence-electron chi connectivity index (χ2n) is 5.05. The van der Waals surface area contributed by atoms with Crippen LogP contribution in [0.2, 0.25) is 0 Å². The molecule has 0 spiro atoms. The number of hydrogen-bond donors (Lipinski definition) is 1.